The zero-order chi connectivity index (χ0) is 15.4. The monoisotopic (exact) mass is 337 g/mol. The molecule has 10 heteroatoms. The van der Waals surface area contributed by atoms with E-state index >= 15 is 0 Å². The number of hydrogen-bond acceptors (Lipinski definition) is 6. The molecule has 0 aliphatic carbocycles. The number of nitrogens with zero attached hydrogens (tertiary/aromatic N) is 1. The van der Waals surface area contributed by atoms with Crippen LogP contribution in [-0.2, 0) is 19.9 Å². The molecule has 20 heavy (non-hydrogen) atoms. The third kappa shape index (κ3) is 4.47. The van der Waals surface area contributed by atoms with E-state index in [0.717, 1.165) is 0 Å². The van der Waals surface area contributed by atoms with Gasteiger partial charge in [0, 0.05) is 18.5 Å². The smallest absolute Gasteiger partial charge is 0.242 e. The van der Waals surface area contributed by atoms with Crippen molar-refractivity contribution in [3.63, 3.8) is 0 Å². The van der Waals surface area contributed by atoms with Gasteiger partial charge in [-0.25, -0.2) is 21.6 Å². The van der Waals surface area contributed by atoms with E-state index in [1.54, 1.807) is 0 Å². The van der Waals surface area contributed by atoms with Gasteiger partial charge in [0.05, 0.1) is 5.75 Å². The van der Waals surface area contributed by atoms with Crippen LogP contribution in [0.5, 0.6) is 0 Å². The summed E-state index contributed by atoms with van der Waals surface area (Å²) < 4.78 is 49.0. The van der Waals surface area contributed by atoms with Crippen molar-refractivity contribution in [2.24, 2.45) is 5.73 Å². The Kier molecular flexibility index (Phi) is 5.57. The Hall–Kier alpha value is -1.10. The molecule has 0 aromatic carbocycles. The summed E-state index contributed by atoms with van der Waals surface area (Å²) in [5.74, 6) is -0.314. The number of aromatic nitrogens is 1. The summed E-state index contributed by atoms with van der Waals surface area (Å²) in [6.45, 7) is 1.28. The normalized spacial score (nSPS) is 12.2. The lowest BCUT2D eigenvalue weighted by Crippen LogP contribution is -2.31. The van der Waals surface area contributed by atoms with Crippen molar-refractivity contribution >= 4 is 37.1 Å². The van der Waals surface area contributed by atoms with E-state index in [0.29, 0.717) is 0 Å². The molecule has 0 aliphatic rings. The van der Waals surface area contributed by atoms with Crippen molar-refractivity contribution < 1.29 is 16.8 Å². The Labute approximate surface area is 123 Å². The number of nitrogens with two attached hydrogens (primary N) is 1. The van der Waals surface area contributed by atoms with Crippen LogP contribution < -0.4 is 10.5 Å². The first-order valence-corrected chi connectivity index (χ1v) is 9.36. The molecule has 1 heterocycles. The first kappa shape index (κ1) is 17.0. The maximum atomic E-state index is 12.1. The average molecular weight is 337 g/mol. The highest BCUT2D eigenvalue weighted by Crippen LogP contribution is 2.12. The SMILES string of the molecule is CCS(=O)(=O)CCNS(=O)(=O)c1cccnc1C(N)=S. The molecule has 0 bridgehead atoms. The van der Waals surface area contributed by atoms with Crippen LogP contribution >= 0.6 is 12.2 Å². The summed E-state index contributed by atoms with van der Waals surface area (Å²) in [5.41, 5.74) is 5.39. The second-order valence-electron chi connectivity index (χ2n) is 3.85. The topological polar surface area (TPSA) is 119 Å². The second kappa shape index (κ2) is 6.57. The number of sulfonamides is 1. The van der Waals surface area contributed by atoms with Crippen LogP contribution in [0, 0.1) is 0 Å². The number of thiocarbonyl (C=S) groups is 1. The van der Waals surface area contributed by atoms with Gasteiger partial charge in [0.1, 0.15) is 15.6 Å². The Bertz CT molecular complexity index is 698. The van der Waals surface area contributed by atoms with Gasteiger partial charge in [-0.2, -0.15) is 0 Å². The van der Waals surface area contributed by atoms with Gasteiger partial charge in [-0.3, -0.25) is 4.98 Å². The lowest BCUT2D eigenvalue weighted by molar-refractivity contribution is 0.580. The molecule has 0 amide bonds. The van der Waals surface area contributed by atoms with E-state index in [-0.39, 0.29) is 33.6 Å². The van der Waals surface area contributed by atoms with Gasteiger partial charge in [0.25, 0.3) is 0 Å². The van der Waals surface area contributed by atoms with Crippen molar-refractivity contribution in [1.29, 1.82) is 0 Å². The van der Waals surface area contributed by atoms with Crippen LogP contribution in [0.4, 0.5) is 0 Å². The number of nitrogens with one attached hydrogen (secondary N) is 1. The fourth-order valence-electron chi connectivity index (χ4n) is 1.35. The molecule has 0 radical (unpaired) electrons. The Balaban J connectivity index is 2.93. The van der Waals surface area contributed by atoms with Crippen molar-refractivity contribution in [2.75, 3.05) is 18.1 Å². The number of pyridine rings is 1. The molecule has 0 spiro atoms. The number of sulfone groups is 1. The van der Waals surface area contributed by atoms with E-state index in [1.807, 2.05) is 0 Å². The molecule has 0 unspecified atom stereocenters. The molecule has 1 aromatic rings. The fraction of sp³-hybridized carbons (Fsp3) is 0.400. The van der Waals surface area contributed by atoms with Gasteiger partial charge in [0.15, 0.2) is 9.84 Å². The average Bonchev–Trinajstić information content (AvgIpc) is 2.38. The summed E-state index contributed by atoms with van der Waals surface area (Å²) in [6, 6.07) is 2.73. The predicted molar refractivity (Wildman–Crippen MR) is 79.6 cm³/mol. The fourth-order valence-corrected chi connectivity index (χ4v) is 3.61. The molecular formula is C10H15N3O4S3. The lowest BCUT2D eigenvalue weighted by atomic mass is 10.3. The molecule has 0 fully saturated rings. The van der Waals surface area contributed by atoms with E-state index in [4.69, 9.17) is 18.0 Å². The lowest BCUT2D eigenvalue weighted by Gasteiger charge is -2.09. The Morgan fingerprint density at radius 3 is 2.60 bits per heavy atom. The summed E-state index contributed by atoms with van der Waals surface area (Å²) in [7, 11) is -7.15. The molecule has 7 nitrogen and oxygen atoms in total. The minimum absolute atomic E-state index is 0.0200. The predicted octanol–water partition coefficient (Wildman–Crippen LogP) is -0.571. The van der Waals surface area contributed by atoms with Crippen molar-refractivity contribution in [2.45, 2.75) is 11.8 Å². The van der Waals surface area contributed by atoms with Gasteiger partial charge in [-0.1, -0.05) is 19.1 Å². The molecular weight excluding hydrogens is 322 g/mol. The highest BCUT2D eigenvalue weighted by atomic mass is 32.2. The first-order chi connectivity index (χ1) is 9.19. The Morgan fingerprint density at radius 1 is 1.40 bits per heavy atom. The van der Waals surface area contributed by atoms with Gasteiger partial charge in [-0.05, 0) is 12.1 Å². The van der Waals surface area contributed by atoms with Crippen molar-refractivity contribution in [3.05, 3.63) is 24.0 Å². The highest BCUT2D eigenvalue weighted by Gasteiger charge is 2.21. The van der Waals surface area contributed by atoms with Crippen LogP contribution in [0.2, 0.25) is 0 Å². The molecule has 0 aliphatic heterocycles. The zero-order valence-electron chi connectivity index (χ0n) is 10.7. The van der Waals surface area contributed by atoms with Crippen LogP contribution in [0.25, 0.3) is 0 Å². The van der Waals surface area contributed by atoms with Gasteiger partial charge >= 0.3 is 0 Å². The van der Waals surface area contributed by atoms with Crippen LogP contribution in [0.3, 0.4) is 0 Å². The van der Waals surface area contributed by atoms with Gasteiger partial charge in [-0.15, -0.1) is 0 Å². The third-order valence-electron chi connectivity index (χ3n) is 2.44. The highest BCUT2D eigenvalue weighted by molar-refractivity contribution is 7.91. The van der Waals surface area contributed by atoms with E-state index in [9.17, 15) is 16.8 Å². The van der Waals surface area contributed by atoms with Crippen LogP contribution in [0.15, 0.2) is 23.2 Å². The van der Waals surface area contributed by atoms with E-state index in [1.165, 1.54) is 25.3 Å². The quantitative estimate of drug-likeness (QED) is 0.639. The Morgan fingerprint density at radius 2 is 2.05 bits per heavy atom. The van der Waals surface area contributed by atoms with Gasteiger partial charge in [0.2, 0.25) is 10.0 Å². The molecule has 1 rings (SSSR count). The largest absolute Gasteiger partial charge is 0.388 e. The minimum atomic E-state index is -3.91. The molecule has 1 aromatic heterocycles. The van der Waals surface area contributed by atoms with Crippen molar-refractivity contribution in [1.82, 2.24) is 9.71 Å². The molecule has 0 atom stereocenters. The molecule has 3 N–H and O–H groups in total. The number of rotatable bonds is 7. The van der Waals surface area contributed by atoms with Crippen molar-refractivity contribution in [3.8, 4) is 0 Å². The second-order valence-corrected chi connectivity index (χ2v) is 8.50. The standard InChI is InChI=1S/C10H15N3O4S3/c1-2-19(14,15)7-6-13-20(16,17)8-4-3-5-12-9(8)10(11)18/h3-5,13H,2,6-7H2,1H3,(H2,11,18). The maximum Gasteiger partial charge on any atom is 0.242 e. The first-order valence-electron chi connectivity index (χ1n) is 5.64. The van der Waals surface area contributed by atoms with E-state index in [2.05, 4.69) is 9.71 Å². The van der Waals surface area contributed by atoms with Crippen LogP contribution in [-0.4, -0.2) is 44.9 Å². The number of hydrogen-bond donors (Lipinski definition) is 2. The third-order valence-corrected chi connectivity index (χ3v) is 5.83. The summed E-state index contributed by atoms with van der Waals surface area (Å²) in [4.78, 5) is 3.50. The zero-order valence-corrected chi connectivity index (χ0v) is 13.2. The van der Waals surface area contributed by atoms with Crippen LogP contribution in [0.1, 0.15) is 12.6 Å². The van der Waals surface area contributed by atoms with E-state index < -0.39 is 19.9 Å². The maximum absolute atomic E-state index is 12.1. The summed E-state index contributed by atoms with van der Waals surface area (Å²) in [6.07, 6.45) is 1.37. The molecule has 0 saturated heterocycles. The molecule has 0 saturated carbocycles. The minimum Gasteiger partial charge on any atom is -0.388 e. The van der Waals surface area contributed by atoms with Gasteiger partial charge < -0.3 is 5.73 Å². The summed E-state index contributed by atoms with van der Waals surface area (Å²) >= 11 is 4.74. The molecule has 112 valence electrons. The summed E-state index contributed by atoms with van der Waals surface area (Å²) in [5, 5.41) is 0.